The number of halogens is 4. The highest BCUT2D eigenvalue weighted by Gasteiger charge is 2.34. The average Bonchev–Trinajstić information content (AvgIpc) is 3.55. The predicted octanol–water partition coefficient (Wildman–Crippen LogP) is 5.82. The molecule has 3 aromatic carbocycles. The molecule has 0 aliphatic carbocycles. The molecule has 1 atom stereocenters. The van der Waals surface area contributed by atoms with Gasteiger partial charge in [-0.05, 0) is 59.0 Å². The van der Waals surface area contributed by atoms with E-state index in [4.69, 9.17) is 0 Å². The van der Waals surface area contributed by atoms with Crippen LogP contribution in [-0.2, 0) is 23.9 Å². The number of hydrogen-bond donors (Lipinski definition) is 0. The molecule has 1 unspecified atom stereocenters. The number of benzene rings is 3. The minimum Gasteiger partial charge on any atom is -0.768 e. The third kappa shape index (κ3) is 4.87. The first-order chi connectivity index (χ1) is 18.2. The summed E-state index contributed by atoms with van der Waals surface area (Å²) in [7, 11) is 0. The van der Waals surface area contributed by atoms with E-state index in [9.17, 15) is 26.3 Å². The molecule has 0 bridgehead atoms. The molecule has 12 heteroatoms. The molecule has 0 fully saturated rings. The highest BCUT2D eigenvalue weighted by Crippen LogP contribution is 2.34. The molecule has 5 aromatic rings. The molecule has 0 saturated carbocycles. The lowest BCUT2D eigenvalue weighted by molar-refractivity contribution is -0.141. The molecule has 0 radical (unpaired) electrons. The summed E-state index contributed by atoms with van der Waals surface area (Å²) in [6.07, 6.45) is -2.24. The van der Waals surface area contributed by atoms with Gasteiger partial charge in [-0.3, -0.25) is 4.21 Å². The zero-order valence-corrected chi connectivity index (χ0v) is 20.5. The Kier molecular flexibility index (Phi) is 6.67. The standard InChI is InChI=1S/C26H19F4N5O2S/c1-16-32-25(26(28,29)30)15-34(16)22-10-9-20(19-3-2-4-21(11-19)38(36)37)12-23(22)35-24(14-31-33-35)18-7-5-17(13-27)6-8-18/h2-12,14-15H,13H2,1H3,(H,36,37)/p-1. The highest BCUT2D eigenvalue weighted by atomic mass is 32.2. The van der Waals surface area contributed by atoms with Gasteiger partial charge >= 0.3 is 6.18 Å². The Labute approximate surface area is 216 Å². The van der Waals surface area contributed by atoms with E-state index in [-0.39, 0.29) is 10.7 Å². The van der Waals surface area contributed by atoms with E-state index in [1.165, 1.54) is 34.5 Å². The normalized spacial score (nSPS) is 12.6. The number of nitrogens with zero attached hydrogens (tertiary/aromatic N) is 5. The fourth-order valence-electron chi connectivity index (χ4n) is 4.08. The van der Waals surface area contributed by atoms with Gasteiger partial charge in [0.1, 0.15) is 12.5 Å². The van der Waals surface area contributed by atoms with Gasteiger partial charge in [0.15, 0.2) is 5.69 Å². The van der Waals surface area contributed by atoms with E-state index in [0.717, 1.165) is 6.20 Å². The molecule has 5 rings (SSSR count). The lowest BCUT2D eigenvalue weighted by Gasteiger charge is -2.16. The minimum atomic E-state index is -4.64. The molecule has 0 amide bonds. The molecule has 194 valence electrons. The quantitative estimate of drug-likeness (QED) is 0.200. The van der Waals surface area contributed by atoms with Gasteiger partial charge in [-0.15, -0.1) is 5.10 Å². The van der Waals surface area contributed by atoms with Crippen LogP contribution in [0.5, 0.6) is 0 Å². The third-order valence-corrected chi connectivity index (χ3v) is 6.59. The fourth-order valence-corrected chi connectivity index (χ4v) is 4.50. The zero-order valence-electron chi connectivity index (χ0n) is 19.7. The van der Waals surface area contributed by atoms with Crippen molar-refractivity contribution < 1.29 is 26.3 Å². The molecular formula is C26H18F4N5O2S-. The Morgan fingerprint density at radius 1 is 0.947 bits per heavy atom. The zero-order chi connectivity index (χ0) is 27.0. The summed E-state index contributed by atoms with van der Waals surface area (Å²) in [6, 6.07) is 17.9. The second-order valence-corrected chi connectivity index (χ2v) is 9.31. The molecule has 0 aliphatic heterocycles. The summed E-state index contributed by atoms with van der Waals surface area (Å²) in [4.78, 5) is 3.77. The van der Waals surface area contributed by atoms with Crippen molar-refractivity contribution in [1.29, 1.82) is 0 Å². The molecule has 2 aromatic heterocycles. The molecule has 2 heterocycles. The van der Waals surface area contributed by atoms with Gasteiger partial charge in [-0.2, -0.15) is 13.2 Å². The van der Waals surface area contributed by atoms with E-state index in [0.29, 0.717) is 39.3 Å². The summed E-state index contributed by atoms with van der Waals surface area (Å²) in [5.41, 5.74) is 2.49. The van der Waals surface area contributed by atoms with Crippen LogP contribution < -0.4 is 0 Å². The highest BCUT2D eigenvalue weighted by molar-refractivity contribution is 7.79. The number of aryl methyl sites for hydroxylation is 1. The Morgan fingerprint density at radius 3 is 2.32 bits per heavy atom. The topological polar surface area (TPSA) is 88.7 Å². The van der Waals surface area contributed by atoms with E-state index >= 15 is 0 Å². The number of alkyl halides is 4. The maximum atomic E-state index is 13.4. The molecule has 0 saturated heterocycles. The Hall–Kier alpha value is -4.16. The van der Waals surface area contributed by atoms with E-state index in [1.807, 2.05) is 0 Å². The second-order valence-electron chi connectivity index (χ2n) is 8.37. The van der Waals surface area contributed by atoms with Gasteiger partial charge in [0, 0.05) is 16.7 Å². The maximum Gasteiger partial charge on any atom is 0.434 e. The fraction of sp³-hybridized carbons (Fsp3) is 0.115. The van der Waals surface area contributed by atoms with Crippen molar-refractivity contribution in [3.8, 4) is 33.8 Å². The summed E-state index contributed by atoms with van der Waals surface area (Å²) in [5.74, 6) is 0.101. The van der Waals surface area contributed by atoms with Crippen molar-refractivity contribution in [3.05, 3.63) is 96.2 Å². The van der Waals surface area contributed by atoms with E-state index < -0.39 is 29.6 Å². The van der Waals surface area contributed by atoms with Crippen molar-refractivity contribution >= 4 is 11.1 Å². The number of imidazole rings is 1. The van der Waals surface area contributed by atoms with Crippen LogP contribution in [0.1, 0.15) is 17.1 Å². The summed E-state index contributed by atoms with van der Waals surface area (Å²) in [6.45, 7) is 0.830. The van der Waals surface area contributed by atoms with Crippen molar-refractivity contribution in [2.75, 3.05) is 0 Å². The van der Waals surface area contributed by atoms with Crippen LogP contribution in [0, 0.1) is 6.92 Å². The Bertz CT molecular complexity index is 1640. The molecular weight excluding hydrogens is 522 g/mol. The molecule has 0 N–H and O–H groups in total. The van der Waals surface area contributed by atoms with Crippen LogP contribution in [0.4, 0.5) is 17.6 Å². The van der Waals surface area contributed by atoms with Crippen molar-refractivity contribution in [3.63, 3.8) is 0 Å². The van der Waals surface area contributed by atoms with Crippen molar-refractivity contribution in [2.45, 2.75) is 24.7 Å². The van der Waals surface area contributed by atoms with Gasteiger partial charge in [-0.1, -0.05) is 47.7 Å². The third-order valence-electron chi connectivity index (χ3n) is 5.95. The largest absolute Gasteiger partial charge is 0.768 e. The van der Waals surface area contributed by atoms with E-state index in [1.54, 1.807) is 54.6 Å². The van der Waals surface area contributed by atoms with Crippen LogP contribution >= 0.6 is 0 Å². The van der Waals surface area contributed by atoms with Gasteiger partial charge in [-0.25, -0.2) is 14.1 Å². The van der Waals surface area contributed by atoms with Gasteiger partial charge in [0.2, 0.25) is 0 Å². The maximum absolute atomic E-state index is 13.4. The lowest BCUT2D eigenvalue weighted by atomic mass is 10.0. The van der Waals surface area contributed by atoms with Gasteiger partial charge in [0.05, 0.1) is 23.3 Å². The lowest BCUT2D eigenvalue weighted by Crippen LogP contribution is -2.07. The monoisotopic (exact) mass is 540 g/mol. The van der Waals surface area contributed by atoms with Gasteiger partial charge in [0.25, 0.3) is 0 Å². The van der Waals surface area contributed by atoms with Crippen molar-refractivity contribution in [2.24, 2.45) is 0 Å². The SMILES string of the molecule is Cc1nc(C(F)(F)F)cn1-c1ccc(-c2cccc(S(=O)[O-])c2)cc1-n1nncc1-c1ccc(CF)cc1. The van der Waals surface area contributed by atoms with Crippen LogP contribution in [0.3, 0.4) is 0 Å². The van der Waals surface area contributed by atoms with Crippen LogP contribution in [0.2, 0.25) is 0 Å². The number of hydrogen-bond acceptors (Lipinski definition) is 5. The first-order valence-electron chi connectivity index (χ1n) is 11.2. The van der Waals surface area contributed by atoms with Crippen LogP contribution in [0.25, 0.3) is 33.8 Å². The number of rotatable bonds is 6. The number of aromatic nitrogens is 5. The second kappa shape index (κ2) is 9.95. The summed E-state index contributed by atoms with van der Waals surface area (Å²) >= 11 is -2.45. The predicted molar refractivity (Wildman–Crippen MR) is 131 cm³/mol. The van der Waals surface area contributed by atoms with Crippen molar-refractivity contribution in [1.82, 2.24) is 24.5 Å². The Morgan fingerprint density at radius 2 is 1.66 bits per heavy atom. The average molecular weight is 541 g/mol. The van der Waals surface area contributed by atoms with Crippen LogP contribution in [-0.4, -0.2) is 33.3 Å². The minimum absolute atomic E-state index is 0.0859. The molecule has 7 nitrogen and oxygen atoms in total. The summed E-state index contributed by atoms with van der Waals surface area (Å²) < 4.78 is 79.1. The molecule has 0 aliphatic rings. The summed E-state index contributed by atoms with van der Waals surface area (Å²) in [5, 5.41) is 8.21. The van der Waals surface area contributed by atoms with Crippen LogP contribution in [0.15, 0.2) is 84.0 Å². The Balaban J connectivity index is 1.72. The molecule has 38 heavy (non-hydrogen) atoms. The van der Waals surface area contributed by atoms with E-state index in [2.05, 4.69) is 15.3 Å². The van der Waals surface area contributed by atoms with Gasteiger partial charge < -0.3 is 9.12 Å². The first-order valence-corrected chi connectivity index (χ1v) is 12.3. The first kappa shape index (κ1) is 25.5. The smallest absolute Gasteiger partial charge is 0.434 e. The molecule has 0 spiro atoms.